The van der Waals surface area contributed by atoms with Crippen LogP contribution >= 0.6 is 0 Å². The Kier molecular flexibility index (Phi) is 6.46. The molecule has 2 rings (SSSR count). The van der Waals surface area contributed by atoms with E-state index >= 15 is 0 Å². The Bertz CT molecular complexity index is 587. The molecule has 1 saturated carbocycles. The summed E-state index contributed by atoms with van der Waals surface area (Å²) in [4.78, 5) is 23.7. The van der Waals surface area contributed by atoms with E-state index in [-0.39, 0.29) is 11.8 Å². The molecule has 1 aliphatic rings. The summed E-state index contributed by atoms with van der Waals surface area (Å²) in [7, 11) is 0. The van der Waals surface area contributed by atoms with E-state index < -0.39 is 11.9 Å². The molecule has 1 fully saturated rings. The van der Waals surface area contributed by atoms with Gasteiger partial charge < -0.3 is 19.9 Å². The quantitative estimate of drug-likeness (QED) is 0.798. The number of anilines is 1. The zero-order valence-electron chi connectivity index (χ0n) is 14.2. The van der Waals surface area contributed by atoms with Gasteiger partial charge in [0.15, 0.2) is 0 Å². The Balaban J connectivity index is 2.11. The molecular formula is C18H25NO5. The molecule has 6 heteroatoms. The van der Waals surface area contributed by atoms with E-state index in [4.69, 9.17) is 14.6 Å². The molecule has 0 aliphatic heterocycles. The molecule has 1 amide bonds. The smallest absolute Gasteiger partial charge is 0.306 e. The third-order valence-electron chi connectivity index (χ3n) is 4.21. The Hall–Kier alpha value is -2.24. The summed E-state index contributed by atoms with van der Waals surface area (Å²) >= 11 is 0. The summed E-state index contributed by atoms with van der Waals surface area (Å²) in [6.45, 7) is 4.79. The predicted octanol–water partition coefficient (Wildman–Crippen LogP) is 3.31. The van der Waals surface area contributed by atoms with E-state index in [1.165, 1.54) is 0 Å². The monoisotopic (exact) mass is 335 g/mol. The number of hydrogen-bond acceptors (Lipinski definition) is 4. The molecule has 0 aromatic heterocycles. The van der Waals surface area contributed by atoms with Gasteiger partial charge in [-0.25, -0.2) is 0 Å². The van der Waals surface area contributed by atoms with Crippen molar-refractivity contribution in [1.29, 1.82) is 0 Å². The summed E-state index contributed by atoms with van der Waals surface area (Å²) in [5, 5.41) is 12.1. The number of carbonyl (C=O) groups is 2. The van der Waals surface area contributed by atoms with E-state index in [0.29, 0.717) is 49.7 Å². The van der Waals surface area contributed by atoms with Crippen LogP contribution in [0.3, 0.4) is 0 Å². The summed E-state index contributed by atoms with van der Waals surface area (Å²) in [5.41, 5.74) is 0.560. The summed E-state index contributed by atoms with van der Waals surface area (Å²) in [6.07, 6.45) is 2.50. The van der Waals surface area contributed by atoms with Crippen molar-refractivity contribution in [1.82, 2.24) is 0 Å². The molecule has 2 atom stereocenters. The van der Waals surface area contributed by atoms with Crippen LogP contribution in [0.25, 0.3) is 0 Å². The van der Waals surface area contributed by atoms with Crippen LogP contribution in [0, 0.1) is 11.8 Å². The fourth-order valence-electron chi connectivity index (χ4n) is 3.03. The largest absolute Gasteiger partial charge is 0.494 e. The minimum absolute atomic E-state index is 0.157. The number of nitrogens with one attached hydrogen (secondary N) is 1. The van der Waals surface area contributed by atoms with Crippen molar-refractivity contribution in [3.05, 3.63) is 18.2 Å². The Morgan fingerprint density at radius 3 is 2.54 bits per heavy atom. The first kappa shape index (κ1) is 18.1. The lowest BCUT2D eigenvalue weighted by atomic mass is 9.81. The SMILES string of the molecule is CCOc1ccc(OCC)c(NC(=O)C2CCCC(C(=O)O)C2)c1. The summed E-state index contributed by atoms with van der Waals surface area (Å²) in [6, 6.07) is 5.31. The highest BCUT2D eigenvalue weighted by molar-refractivity contribution is 5.94. The zero-order chi connectivity index (χ0) is 17.5. The maximum absolute atomic E-state index is 12.6. The number of carbonyl (C=O) groups excluding carboxylic acids is 1. The molecule has 1 aromatic carbocycles. The van der Waals surface area contributed by atoms with Gasteiger partial charge in [0, 0.05) is 12.0 Å². The van der Waals surface area contributed by atoms with Crippen molar-refractivity contribution in [2.45, 2.75) is 39.5 Å². The third-order valence-corrected chi connectivity index (χ3v) is 4.21. The van der Waals surface area contributed by atoms with Gasteiger partial charge in [-0.15, -0.1) is 0 Å². The van der Waals surface area contributed by atoms with Gasteiger partial charge in [0.25, 0.3) is 0 Å². The highest BCUT2D eigenvalue weighted by Gasteiger charge is 2.31. The van der Waals surface area contributed by atoms with Gasteiger partial charge in [-0.3, -0.25) is 9.59 Å². The van der Waals surface area contributed by atoms with E-state index in [2.05, 4.69) is 5.32 Å². The number of aliphatic carboxylic acids is 1. The van der Waals surface area contributed by atoms with Gasteiger partial charge in [-0.05, 0) is 45.2 Å². The number of benzene rings is 1. The fraction of sp³-hybridized carbons (Fsp3) is 0.556. The predicted molar refractivity (Wildman–Crippen MR) is 90.5 cm³/mol. The first-order chi connectivity index (χ1) is 11.5. The van der Waals surface area contributed by atoms with Crippen LogP contribution in [0.2, 0.25) is 0 Å². The van der Waals surface area contributed by atoms with E-state index in [1.54, 1.807) is 18.2 Å². The highest BCUT2D eigenvalue weighted by Crippen LogP contribution is 2.33. The Morgan fingerprint density at radius 1 is 1.17 bits per heavy atom. The van der Waals surface area contributed by atoms with Crippen molar-refractivity contribution in [3.63, 3.8) is 0 Å². The van der Waals surface area contributed by atoms with Gasteiger partial charge in [-0.1, -0.05) is 6.42 Å². The van der Waals surface area contributed by atoms with Gasteiger partial charge in [0.2, 0.25) is 5.91 Å². The van der Waals surface area contributed by atoms with Crippen LogP contribution in [0.5, 0.6) is 11.5 Å². The Morgan fingerprint density at radius 2 is 1.88 bits per heavy atom. The lowest BCUT2D eigenvalue weighted by molar-refractivity contribution is -0.143. The average Bonchev–Trinajstić information content (AvgIpc) is 2.57. The highest BCUT2D eigenvalue weighted by atomic mass is 16.5. The average molecular weight is 335 g/mol. The molecule has 132 valence electrons. The summed E-state index contributed by atoms with van der Waals surface area (Å²) in [5.74, 6) is -0.458. The molecule has 0 saturated heterocycles. The number of hydrogen-bond donors (Lipinski definition) is 2. The molecule has 2 N–H and O–H groups in total. The van der Waals surface area contributed by atoms with Gasteiger partial charge in [0.1, 0.15) is 11.5 Å². The van der Waals surface area contributed by atoms with Crippen LogP contribution in [-0.4, -0.2) is 30.2 Å². The number of amides is 1. The number of rotatable bonds is 7. The second-order valence-corrected chi connectivity index (χ2v) is 5.91. The topological polar surface area (TPSA) is 84.9 Å². The Labute approximate surface area is 142 Å². The molecule has 1 aromatic rings. The zero-order valence-corrected chi connectivity index (χ0v) is 14.2. The van der Waals surface area contributed by atoms with E-state index in [9.17, 15) is 9.59 Å². The maximum Gasteiger partial charge on any atom is 0.306 e. The number of carboxylic acid groups (broad SMARTS) is 1. The van der Waals surface area contributed by atoms with E-state index in [1.807, 2.05) is 13.8 Å². The molecule has 0 heterocycles. The fourth-order valence-corrected chi connectivity index (χ4v) is 3.03. The van der Waals surface area contributed by atoms with Crippen LogP contribution < -0.4 is 14.8 Å². The number of carboxylic acids is 1. The molecular weight excluding hydrogens is 310 g/mol. The van der Waals surface area contributed by atoms with Gasteiger partial charge in [-0.2, -0.15) is 0 Å². The van der Waals surface area contributed by atoms with Crippen LogP contribution in [0.4, 0.5) is 5.69 Å². The van der Waals surface area contributed by atoms with Crippen LogP contribution in [-0.2, 0) is 9.59 Å². The first-order valence-electron chi connectivity index (χ1n) is 8.48. The molecule has 0 radical (unpaired) electrons. The molecule has 24 heavy (non-hydrogen) atoms. The van der Waals surface area contributed by atoms with Gasteiger partial charge in [0.05, 0.1) is 24.8 Å². The van der Waals surface area contributed by atoms with Crippen molar-refractivity contribution in [2.24, 2.45) is 11.8 Å². The molecule has 0 bridgehead atoms. The first-order valence-corrected chi connectivity index (χ1v) is 8.48. The van der Waals surface area contributed by atoms with Crippen LogP contribution in [0.1, 0.15) is 39.5 Å². The van der Waals surface area contributed by atoms with Crippen molar-refractivity contribution >= 4 is 17.6 Å². The number of ether oxygens (including phenoxy) is 2. The molecule has 0 spiro atoms. The minimum Gasteiger partial charge on any atom is -0.494 e. The normalized spacial score (nSPS) is 20.2. The lowest BCUT2D eigenvalue weighted by Crippen LogP contribution is -2.31. The van der Waals surface area contributed by atoms with Crippen molar-refractivity contribution < 1.29 is 24.2 Å². The molecule has 1 aliphatic carbocycles. The van der Waals surface area contributed by atoms with Crippen molar-refractivity contribution in [3.8, 4) is 11.5 Å². The standard InChI is InChI=1S/C18H25NO5/c1-3-23-14-8-9-16(24-4-2)15(11-14)19-17(20)12-6-5-7-13(10-12)18(21)22/h8-9,11-13H,3-7,10H2,1-2H3,(H,19,20)(H,21,22). The third kappa shape index (κ3) is 4.63. The lowest BCUT2D eigenvalue weighted by Gasteiger charge is -2.26. The second-order valence-electron chi connectivity index (χ2n) is 5.91. The minimum atomic E-state index is -0.819. The van der Waals surface area contributed by atoms with E-state index in [0.717, 1.165) is 6.42 Å². The van der Waals surface area contributed by atoms with Crippen LogP contribution in [0.15, 0.2) is 18.2 Å². The van der Waals surface area contributed by atoms with Gasteiger partial charge >= 0.3 is 5.97 Å². The molecule has 2 unspecified atom stereocenters. The van der Waals surface area contributed by atoms with Crippen molar-refractivity contribution in [2.75, 3.05) is 18.5 Å². The molecule has 6 nitrogen and oxygen atoms in total. The maximum atomic E-state index is 12.6. The second kappa shape index (κ2) is 8.57. The summed E-state index contributed by atoms with van der Waals surface area (Å²) < 4.78 is 11.0.